The number of esters is 2. The van der Waals surface area contributed by atoms with Gasteiger partial charge < -0.3 is 24.1 Å². The zero-order valence-electron chi connectivity index (χ0n) is 18.0. The predicted molar refractivity (Wildman–Crippen MR) is 117 cm³/mol. The fourth-order valence-electron chi connectivity index (χ4n) is 2.90. The smallest absolute Gasteiger partial charge is 0.348 e. The van der Waals surface area contributed by atoms with Crippen molar-refractivity contribution in [2.75, 3.05) is 25.6 Å². The van der Waals surface area contributed by atoms with Crippen LogP contribution in [0.1, 0.15) is 49.9 Å². The highest BCUT2D eigenvalue weighted by atomic mass is 32.1. The molecule has 0 aliphatic heterocycles. The van der Waals surface area contributed by atoms with E-state index in [1.807, 2.05) is 0 Å². The van der Waals surface area contributed by atoms with Gasteiger partial charge in [0.25, 0.3) is 5.91 Å². The number of amides is 1. The number of nitrogens with zero attached hydrogens (tertiary/aromatic N) is 1. The Morgan fingerprint density at radius 1 is 1.09 bits per heavy atom. The highest BCUT2D eigenvalue weighted by Gasteiger charge is 2.28. The van der Waals surface area contributed by atoms with Gasteiger partial charge in [-0.25, -0.2) is 9.59 Å². The first kappa shape index (κ1) is 23.0. The van der Waals surface area contributed by atoms with Crippen LogP contribution in [0.15, 0.2) is 34.9 Å². The van der Waals surface area contributed by atoms with Crippen molar-refractivity contribution in [3.05, 3.63) is 52.0 Å². The summed E-state index contributed by atoms with van der Waals surface area (Å²) in [5, 5.41) is 6.62. The molecule has 0 atom stereocenters. The third-order valence-corrected chi connectivity index (χ3v) is 5.60. The predicted octanol–water partition coefficient (Wildman–Crippen LogP) is 4.33. The lowest BCUT2D eigenvalue weighted by atomic mass is 10.1. The van der Waals surface area contributed by atoms with Gasteiger partial charge in [-0.2, -0.15) is 0 Å². The number of methoxy groups -OCH3 is 1. The first-order chi connectivity index (χ1) is 15.4. The monoisotopic (exact) mass is 458 g/mol. The number of hydrogen-bond acceptors (Lipinski definition) is 9. The molecule has 0 bridgehead atoms. The molecule has 2 aromatic heterocycles. The molecule has 32 heavy (non-hydrogen) atoms. The quantitative estimate of drug-likeness (QED) is 0.496. The first-order valence-corrected chi connectivity index (χ1v) is 10.6. The number of carbonyl (C=O) groups is 3. The molecule has 0 unspecified atom stereocenters. The van der Waals surface area contributed by atoms with E-state index in [1.54, 1.807) is 52.1 Å². The van der Waals surface area contributed by atoms with E-state index < -0.39 is 17.8 Å². The van der Waals surface area contributed by atoms with Gasteiger partial charge >= 0.3 is 11.9 Å². The van der Waals surface area contributed by atoms with Gasteiger partial charge in [0, 0.05) is 11.6 Å². The molecule has 1 amide bonds. The topological polar surface area (TPSA) is 117 Å². The number of benzene rings is 1. The van der Waals surface area contributed by atoms with Crippen molar-refractivity contribution in [3.8, 4) is 17.1 Å². The summed E-state index contributed by atoms with van der Waals surface area (Å²) in [4.78, 5) is 37.8. The highest BCUT2D eigenvalue weighted by Crippen LogP contribution is 2.35. The average molecular weight is 458 g/mol. The summed E-state index contributed by atoms with van der Waals surface area (Å²) in [5.74, 6) is -0.837. The molecular weight excluding hydrogens is 436 g/mol. The maximum Gasteiger partial charge on any atom is 0.348 e. The molecule has 1 aromatic carbocycles. The molecule has 168 valence electrons. The fourth-order valence-corrected chi connectivity index (χ4v) is 3.99. The molecule has 0 saturated carbocycles. The maximum atomic E-state index is 12.8. The Balaban J connectivity index is 1.90. The van der Waals surface area contributed by atoms with Crippen LogP contribution in [0.2, 0.25) is 0 Å². The van der Waals surface area contributed by atoms with E-state index in [9.17, 15) is 14.4 Å². The molecule has 1 N–H and O–H groups in total. The van der Waals surface area contributed by atoms with Crippen molar-refractivity contribution in [1.82, 2.24) is 5.16 Å². The minimum atomic E-state index is -0.649. The number of carbonyl (C=O) groups excluding carboxylic acids is 3. The summed E-state index contributed by atoms with van der Waals surface area (Å²) in [5.41, 5.74) is 1.16. The second-order valence-corrected chi connectivity index (χ2v) is 7.48. The standard InChI is InChI=1S/C22H22N2O7S/c1-5-29-21(26)17-12(3)18(22(27)30-6-2)32-20(17)23-19(25)15-11-16(31-24-15)13-8-7-9-14(10-13)28-4/h7-11H,5-6H2,1-4H3,(H,23,25). The Bertz CT molecular complexity index is 1150. The average Bonchev–Trinajstić information content (AvgIpc) is 3.39. The Morgan fingerprint density at radius 3 is 2.50 bits per heavy atom. The lowest BCUT2D eigenvalue weighted by molar-refractivity contribution is 0.0527. The molecule has 10 heteroatoms. The number of nitrogens with one attached hydrogen (secondary N) is 1. The molecule has 0 radical (unpaired) electrons. The van der Waals surface area contributed by atoms with E-state index in [0.29, 0.717) is 22.6 Å². The van der Waals surface area contributed by atoms with Crippen molar-refractivity contribution in [3.63, 3.8) is 0 Å². The van der Waals surface area contributed by atoms with E-state index in [1.165, 1.54) is 6.07 Å². The van der Waals surface area contributed by atoms with Crippen LogP contribution < -0.4 is 10.1 Å². The van der Waals surface area contributed by atoms with Crippen molar-refractivity contribution >= 4 is 34.2 Å². The summed E-state index contributed by atoms with van der Waals surface area (Å²) >= 11 is 0.937. The van der Waals surface area contributed by atoms with Crippen LogP contribution in [0, 0.1) is 6.92 Å². The number of anilines is 1. The second-order valence-electron chi connectivity index (χ2n) is 6.46. The summed E-state index contributed by atoms with van der Waals surface area (Å²) in [6.45, 7) is 5.27. The van der Waals surface area contributed by atoms with Gasteiger partial charge in [0.15, 0.2) is 11.5 Å². The van der Waals surface area contributed by atoms with Gasteiger partial charge in [0.1, 0.15) is 15.6 Å². The van der Waals surface area contributed by atoms with E-state index in [4.69, 9.17) is 18.7 Å². The highest BCUT2D eigenvalue weighted by molar-refractivity contribution is 7.18. The molecule has 0 aliphatic carbocycles. The zero-order valence-corrected chi connectivity index (χ0v) is 18.8. The Morgan fingerprint density at radius 2 is 1.81 bits per heavy atom. The number of thiophene rings is 1. The lowest BCUT2D eigenvalue weighted by Crippen LogP contribution is -2.15. The van der Waals surface area contributed by atoms with Crippen LogP contribution in [0.25, 0.3) is 11.3 Å². The number of hydrogen-bond donors (Lipinski definition) is 1. The minimum absolute atomic E-state index is 0.00127. The van der Waals surface area contributed by atoms with Gasteiger partial charge in [0.05, 0.1) is 25.9 Å². The van der Waals surface area contributed by atoms with Gasteiger partial charge in [-0.1, -0.05) is 17.3 Å². The molecule has 0 spiro atoms. The van der Waals surface area contributed by atoms with Crippen LogP contribution in [-0.4, -0.2) is 43.3 Å². The Labute approximate surface area is 188 Å². The van der Waals surface area contributed by atoms with Crippen LogP contribution in [0.3, 0.4) is 0 Å². The lowest BCUT2D eigenvalue weighted by Gasteiger charge is -2.05. The van der Waals surface area contributed by atoms with E-state index in [0.717, 1.165) is 11.3 Å². The van der Waals surface area contributed by atoms with E-state index >= 15 is 0 Å². The summed E-state index contributed by atoms with van der Waals surface area (Å²) in [6, 6.07) is 8.58. The van der Waals surface area contributed by atoms with Gasteiger partial charge in [-0.3, -0.25) is 4.79 Å². The van der Waals surface area contributed by atoms with Gasteiger partial charge in [0.2, 0.25) is 0 Å². The van der Waals surface area contributed by atoms with Crippen molar-refractivity contribution in [1.29, 1.82) is 0 Å². The Kier molecular flexibility index (Phi) is 7.26. The third-order valence-electron chi connectivity index (χ3n) is 4.41. The Hall–Kier alpha value is -3.66. The number of ether oxygens (including phenoxy) is 3. The first-order valence-electron chi connectivity index (χ1n) is 9.79. The fraction of sp³-hybridized carbons (Fsp3) is 0.273. The molecule has 2 heterocycles. The van der Waals surface area contributed by atoms with Gasteiger partial charge in [-0.05, 0) is 38.5 Å². The minimum Gasteiger partial charge on any atom is -0.497 e. The zero-order chi connectivity index (χ0) is 23.3. The third kappa shape index (κ3) is 4.80. The van der Waals surface area contributed by atoms with Crippen LogP contribution in [0.5, 0.6) is 5.75 Å². The van der Waals surface area contributed by atoms with Crippen LogP contribution >= 0.6 is 11.3 Å². The van der Waals surface area contributed by atoms with E-state index in [-0.39, 0.29) is 34.3 Å². The SMILES string of the molecule is CCOC(=O)c1sc(NC(=O)c2cc(-c3cccc(OC)c3)on2)c(C(=O)OCC)c1C. The van der Waals surface area contributed by atoms with Crippen molar-refractivity contribution in [2.24, 2.45) is 0 Å². The normalized spacial score (nSPS) is 10.5. The number of rotatable bonds is 8. The molecule has 3 aromatic rings. The maximum absolute atomic E-state index is 12.8. The van der Waals surface area contributed by atoms with E-state index in [2.05, 4.69) is 10.5 Å². The van der Waals surface area contributed by atoms with Crippen LogP contribution in [0.4, 0.5) is 5.00 Å². The molecule has 0 aliphatic rings. The largest absolute Gasteiger partial charge is 0.497 e. The molecule has 0 fully saturated rings. The molecular formula is C22H22N2O7S. The summed E-state index contributed by atoms with van der Waals surface area (Å²) in [7, 11) is 1.55. The van der Waals surface area contributed by atoms with Crippen molar-refractivity contribution < 1.29 is 33.1 Å². The number of aromatic nitrogens is 1. The molecule has 9 nitrogen and oxygen atoms in total. The van der Waals surface area contributed by atoms with Gasteiger partial charge in [-0.15, -0.1) is 11.3 Å². The van der Waals surface area contributed by atoms with Crippen LogP contribution in [-0.2, 0) is 9.47 Å². The summed E-state index contributed by atoms with van der Waals surface area (Å²) in [6.07, 6.45) is 0. The molecule has 3 rings (SSSR count). The second kappa shape index (κ2) is 10.1. The van der Waals surface area contributed by atoms with Crippen molar-refractivity contribution in [2.45, 2.75) is 20.8 Å². The summed E-state index contributed by atoms with van der Waals surface area (Å²) < 4.78 is 20.6. The molecule has 0 saturated heterocycles.